The molecular weight excluding hydrogens is 873 g/mol. The Kier molecular flexibility index (Phi) is 22.8. The lowest BCUT2D eigenvalue weighted by molar-refractivity contribution is -0.265. The van der Waals surface area contributed by atoms with Gasteiger partial charge in [0, 0.05) is 58.5 Å². The highest BCUT2D eigenvalue weighted by molar-refractivity contribution is 6.39. The molecule has 1 aliphatic carbocycles. The number of ketones is 2. The number of methoxy groups -OCH3 is 3. The smallest absolute Gasteiger partial charge is 0.329 e. The van der Waals surface area contributed by atoms with Crippen LogP contribution in [-0.2, 0) is 47.7 Å². The summed E-state index contributed by atoms with van der Waals surface area (Å²) in [6.07, 6.45) is 12.4. The molecule has 15 nitrogen and oxygen atoms in total. The fourth-order valence-corrected chi connectivity index (χ4v) is 10.4. The van der Waals surface area contributed by atoms with Crippen molar-refractivity contribution in [2.45, 2.75) is 187 Å². The Bertz CT molecular complexity index is 1830. The van der Waals surface area contributed by atoms with E-state index in [0.29, 0.717) is 69.1 Å². The van der Waals surface area contributed by atoms with Gasteiger partial charge >= 0.3 is 5.97 Å². The van der Waals surface area contributed by atoms with Crippen LogP contribution in [0.2, 0.25) is 0 Å². The predicted octanol–water partition coefficient (Wildman–Crippen LogP) is 7.00. The van der Waals surface area contributed by atoms with Gasteiger partial charge in [0.2, 0.25) is 5.79 Å². The van der Waals surface area contributed by atoms with Crippen LogP contribution in [0.15, 0.2) is 52.8 Å². The number of allylic oxidation sites excluding steroid dienone is 6. The summed E-state index contributed by atoms with van der Waals surface area (Å²) in [5, 5.41) is 38.8. The van der Waals surface area contributed by atoms with Crippen molar-refractivity contribution in [3.63, 3.8) is 0 Å². The standard InChI is InChI=1S/C53H84N2O13/c1-12-66-54-41-31-45(35(5)28-39-22-24-43(56)46(29-39)64-10)67-52(61)42-20-16-17-25-55(42)51(60)50(59)53(62)38(8)21-23-40(68-53)30-44(63-9)33(3)19-15-13-14-18-32(2)26-36(6)47(57)49(65-11)48(58)37(7)27-34(41)4/h13-15,18-19,27,32,34-36,38-40,42-46,48-49,56,58,62H,12,16-17,20-26,28-31H2,1-11H3/b15-13+,18-14+,33-19+,37-27+,54-41-/t32-,34-,35-,36-,38-,39+,40+,42+,43-,44+,45+,46-,48-,49+,53-/m1/s1. The first-order chi connectivity index (χ1) is 32.3. The number of piperidine rings is 1. The second-order valence-electron chi connectivity index (χ2n) is 20.1. The summed E-state index contributed by atoms with van der Waals surface area (Å²) < 4.78 is 29.8. The lowest BCUT2D eigenvalue weighted by Gasteiger charge is -2.42. The number of hydrogen-bond acceptors (Lipinski definition) is 14. The molecule has 0 radical (unpaired) electrons. The van der Waals surface area contributed by atoms with E-state index in [9.17, 15) is 34.5 Å². The van der Waals surface area contributed by atoms with E-state index in [4.69, 9.17) is 28.5 Å². The summed E-state index contributed by atoms with van der Waals surface area (Å²) in [6, 6.07) is -1.10. The highest BCUT2D eigenvalue weighted by atomic mass is 16.6. The second-order valence-corrected chi connectivity index (χ2v) is 20.1. The fraction of sp³-hybridized carbons (Fsp3) is 0.755. The summed E-state index contributed by atoms with van der Waals surface area (Å²) in [7, 11) is 4.59. The molecule has 4 aliphatic rings. The van der Waals surface area contributed by atoms with Crippen molar-refractivity contribution < 1.29 is 63.0 Å². The molecule has 4 rings (SSSR count). The number of ether oxygens (including phenoxy) is 5. The molecule has 0 aromatic rings. The van der Waals surface area contributed by atoms with Crippen molar-refractivity contribution in [1.29, 1.82) is 0 Å². The molecule has 3 heterocycles. The number of cyclic esters (lactones) is 1. The number of fused-ring (bicyclic) bond motifs is 3. The maximum atomic E-state index is 14.6. The number of rotatable bonds is 8. The topological polar surface area (TPSA) is 200 Å². The Hall–Kier alpha value is -3.57. The number of aliphatic hydroxyl groups excluding tert-OH is 2. The third kappa shape index (κ3) is 15.2. The molecule has 0 aromatic carbocycles. The van der Waals surface area contributed by atoms with Crippen LogP contribution in [0, 0.1) is 35.5 Å². The summed E-state index contributed by atoms with van der Waals surface area (Å²) in [5.74, 6) is -7.06. The van der Waals surface area contributed by atoms with E-state index in [-0.39, 0.29) is 55.6 Å². The zero-order chi connectivity index (χ0) is 50.3. The number of oxime groups is 1. The van der Waals surface area contributed by atoms with Crippen LogP contribution in [0.1, 0.15) is 132 Å². The maximum absolute atomic E-state index is 14.6. The van der Waals surface area contributed by atoms with Gasteiger partial charge in [0.1, 0.15) is 31.0 Å². The van der Waals surface area contributed by atoms with Gasteiger partial charge in [-0.1, -0.05) is 76.2 Å². The molecule has 0 aromatic heterocycles. The van der Waals surface area contributed by atoms with Crippen molar-refractivity contribution >= 4 is 29.2 Å². The average molecular weight is 957 g/mol. The van der Waals surface area contributed by atoms with Crippen molar-refractivity contribution in [2.24, 2.45) is 40.7 Å². The van der Waals surface area contributed by atoms with E-state index in [1.165, 1.54) is 12.0 Å². The van der Waals surface area contributed by atoms with Crippen molar-refractivity contribution in [3.8, 4) is 0 Å². The molecule has 3 fully saturated rings. The molecular formula is C53H84N2O13. The van der Waals surface area contributed by atoms with E-state index in [0.717, 1.165) is 12.0 Å². The molecule has 2 saturated heterocycles. The molecule has 0 spiro atoms. The van der Waals surface area contributed by atoms with E-state index in [1.807, 2.05) is 71.1 Å². The first kappa shape index (κ1) is 57.0. The van der Waals surface area contributed by atoms with Crippen molar-refractivity contribution in [2.75, 3.05) is 34.5 Å². The number of Topliss-reactive ketones (excluding diaryl/α,β-unsaturated/α-hetero) is 2. The maximum Gasteiger partial charge on any atom is 0.329 e. The van der Waals surface area contributed by atoms with Crippen LogP contribution in [0.25, 0.3) is 0 Å². The van der Waals surface area contributed by atoms with Gasteiger partial charge in [-0.05, 0) is 114 Å². The van der Waals surface area contributed by atoms with Gasteiger partial charge in [0.05, 0.1) is 30.1 Å². The first-order valence-electron chi connectivity index (χ1n) is 25.1. The molecule has 2 bridgehead atoms. The molecule has 3 aliphatic heterocycles. The number of aliphatic hydroxyl groups is 3. The Morgan fingerprint density at radius 3 is 2.29 bits per heavy atom. The van der Waals surface area contributed by atoms with Crippen LogP contribution in [0.5, 0.6) is 0 Å². The Morgan fingerprint density at radius 2 is 1.62 bits per heavy atom. The fourth-order valence-electron chi connectivity index (χ4n) is 10.4. The van der Waals surface area contributed by atoms with E-state index in [1.54, 1.807) is 35.0 Å². The highest BCUT2D eigenvalue weighted by Crippen LogP contribution is 2.38. The number of esters is 1. The normalized spacial score (nSPS) is 39.7. The highest BCUT2D eigenvalue weighted by Gasteiger charge is 2.53. The first-order valence-corrected chi connectivity index (χ1v) is 25.1. The zero-order valence-electron chi connectivity index (χ0n) is 42.8. The molecule has 0 unspecified atom stereocenters. The quantitative estimate of drug-likeness (QED) is 0.0973. The van der Waals surface area contributed by atoms with Gasteiger partial charge in [-0.15, -0.1) is 0 Å². The van der Waals surface area contributed by atoms with Crippen LogP contribution < -0.4 is 0 Å². The number of nitrogens with zero attached hydrogens (tertiary/aromatic N) is 2. The van der Waals surface area contributed by atoms with Crippen LogP contribution in [-0.4, -0.2) is 138 Å². The van der Waals surface area contributed by atoms with Crippen molar-refractivity contribution in [1.82, 2.24) is 4.90 Å². The minimum Gasteiger partial charge on any atom is -0.460 e. The lowest BCUT2D eigenvalue weighted by atomic mass is 9.78. The number of carbonyl (C=O) groups excluding carboxylic acids is 4. The van der Waals surface area contributed by atoms with Crippen LogP contribution in [0.4, 0.5) is 0 Å². The largest absolute Gasteiger partial charge is 0.460 e. The number of hydrogen-bond donors (Lipinski definition) is 3. The van der Waals surface area contributed by atoms with Gasteiger partial charge in [-0.3, -0.25) is 14.4 Å². The number of amides is 1. The van der Waals surface area contributed by atoms with Crippen LogP contribution in [0.3, 0.4) is 0 Å². The van der Waals surface area contributed by atoms with Gasteiger partial charge in [-0.2, -0.15) is 0 Å². The van der Waals surface area contributed by atoms with E-state index < -0.39 is 83.9 Å². The summed E-state index contributed by atoms with van der Waals surface area (Å²) in [5.41, 5.74) is 1.91. The average Bonchev–Trinajstić information content (AvgIpc) is 3.32. The van der Waals surface area contributed by atoms with Gasteiger partial charge in [0.15, 0.2) is 5.78 Å². The van der Waals surface area contributed by atoms with E-state index >= 15 is 0 Å². The predicted molar refractivity (Wildman–Crippen MR) is 259 cm³/mol. The van der Waals surface area contributed by atoms with E-state index in [2.05, 4.69) is 5.16 Å². The molecule has 1 amide bonds. The third-order valence-corrected chi connectivity index (χ3v) is 14.8. The summed E-state index contributed by atoms with van der Waals surface area (Å²) >= 11 is 0. The zero-order valence-corrected chi connectivity index (χ0v) is 42.8. The minimum atomic E-state index is -2.42. The molecule has 384 valence electrons. The third-order valence-electron chi connectivity index (χ3n) is 14.8. The molecule has 15 atom stereocenters. The minimum absolute atomic E-state index is 0.0329. The molecule has 1 saturated carbocycles. The summed E-state index contributed by atoms with van der Waals surface area (Å²) in [4.78, 5) is 64.0. The Morgan fingerprint density at radius 1 is 0.882 bits per heavy atom. The Balaban J connectivity index is 1.76. The summed E-state index contributed by atoms with van der Waals surface area (Å²) in [6.45, 7) is 15.3. The molecule has 68 heavy (non-hydrogen) atoms. The van der Waals surface area contributed by atoms with Crippen LogP contribution >= 0.6 is 0 Å². The van der Waals surface area contributed by atoms with Crippen molar-refractivity contribution in [3.05, 3.63) is 47.6 Å². The van der Waals surface area contributed by atoms with Gasteiger partial charge in [0.25, 0.3) is 11.7 Å². The Labute approximate surface area is 405 Å². The molecule has 3 N–H and O–H groups in total. The van der Waals surface area contributed by atoms with Gasteiger partial charge < -0.3 is 48.7 Å². The molecule has 15 heteroatoms. The second kappa shape index (κ2) is 27.1. The van der Waals surface area contributed by atoms with Gasteiger partial charge in [-0.25, -0.2) is 4.79 Å². The SMILES string of the molecule is CCO/N=C1/C[C@@H]([C@H](C)C[C@@H]2CC[C@@H](O)[C@H](OC)C2)OC(=O)[C@@H]2CCCCN2C(=O)C(=O)[C@]2(O)O[C@@H](CC[C@H]2C)C[C@H](OC)/C(C)=C/C=C/C=C/[C@@H](C)C[C@@H](C)C(=O)[C@H](OC)[C@H](O)/C(C)=C/[C@H]1C. The lowest BCUT2D eigenvalue weighted by Crippen LogP contribution is -2.61. The monoisotopic (exact) mass is 957 g/mol. The number of carbonyl (C=O) groups is 4.